The molecule has 1 saturated heterocycles. The molecule has 1 fully saturated rings. The van der Waals surface area contributed by atoms with Gasteiger partial charge >= 0.3 is 11.9 Å². The van der Waals surface area contributed by atoms with Crippen LogP contribution in [0.25, 0.3) is 0 Å². The van der Waals surface area contributed by atoms with E-state index in [0.717, 1.165) is 0 Å². The fourth-order valence-corrected chi connectivity index (χ4v) is 2.25. The molecular formula is C15H17NO5. The molecule has 112 valence electrons. The highest BCUT2D eigenvalue weighted by Crippen LogP contribution is 2.23. The number of cyclic esters (lactones) is 1. The number of ether oxygens (including phenoxy) is 1. The second-order valence-electron chi connectivity index (χ2n) is 4.81. The third kappa shape index (κ3) is 3.61. The molecule has 0 spiro atoms. The van der Waals surface area contributed by atoms with Crippen molar-refractivity contribution in [3.63, 3.8) is 0 Å². The van der Waals surface area contributed by atoms with E-state index in [-0.39, 0.29) is 24.0 Å². The second-order valence-corrected chi connectivity index (χ2v) is 4.81. The molecule has 21 heavy (non-hydrogen) atoms. The van der Waals surface area contributed by atoms with Crippen molar-refractivity contribution >= 4 is 17.6 Å². The minimum atomic E-state index is -0.998. The van der Waals surface area contributed by atoms with Crippen molar-refractivity contribution < 1.29 is 24.5 Å². The fourth-order valence-electron chi connectivity index (χ4n) is 2.25. The van der Waals surface area contributed by atoms with Crippen molar-refractivity contribution in [2.24, 2.45) is 0 Å². The third-order valence-corrected chi connectivity index (χ3v) is 3.26. The van der Waals surface area contributed by atoms with E-state index in [1.807, 2.05) is 0 Å². The molecular weight excluding hydrogens is 274 g/mol. The number of carboxylic acids is 1. The molecule has 0 aliphatic carbocycles. The summed E-state index contributed by atoms with van der Waals surface area (Å²) in [4.78, 5) is 22.2. The number of aliphatic hydroxyl groups excluding tert-OH is 1. The lowest BCUT2D eigenvalue weighted by molar-refractivity contribution is -0.144. The van der Waals surface area contributed by atoms with Gasteiger partial charge in [-0.3, -0.25) is 4.79 Å². The molecule has 0 amide bonds. The first-order valence-electron chi connectivity index (χ1n) is 6.61. The summed E-state index contributed by atoms with van der Waals surface area (Å²) in [5, 5.41) is 21.9. The highest BCUT2D eigenvalue weighted by atomic mass is 16.6. The van der Waals surface area contributed by atoms with Gasteiger partial charge in [0.2, 0.25) is 0 Å². The minimum absolute atomic E-state index is 0.153. The van der Waals surface area contributed by atoms with Crippen molar-refractivity contribution in [3.8, 4) is 0 Å². The number of benzene rings is 1. The lowest BCUT2D eigenvalue weighted by Crippen LogP contribution is -2.38. The molecule has 0 unspecified atom stereocenters. The molecule has 1 heterocycles. The van der Waals surface area contributed by atoms with Crippen LogP contribution in [0.5, 0.6) is 0 Å². The molecule has 6 heteroatoms. The van der Waals surface area contributed by atoms with Gasteiger partial charge in [0.1, 0.15) is 6.10 Å². The molecule has 2 rings (SSSR count). The van der Waals surface area contributed by atoms with Crippen LogP contribution in [0, 0.1) is 0 Å². The van der Waals surface area contributed by atoms with Gasteiger partial charge in [0, 0.05) is 5.69 Å². The standard InChI is InChI=1S/C15H17NO5/c1-2-3-12(17)14-11(8-13(18)21-14)16-10-6-4-9(5-7-10)15(19)20/h2-7,11-12,14,16-17H,8H2,1H3,(H,19,20)/b3-2+/t11-,12+,14-/m1/s1. The summed E-state index contributed by atoms with van der Waals surface area (Å²) < 4.78 is 5.13. The van der Waals surface area contributed by atoms with Gasteiger partial charge < -0.3 is 20.3 Å². The Hall–Kier alpha value is -2.34. The summed E-state index contributed by atoms with van der Waals surface area (Å²) in [5.74, 6) is -1.37. The van der Waals surface area contributed by atoms with Crippen LogP contribution < -0.4 is 5.32 Å². The van der Waals surface area contributed by atoms with Crippen LogP contribution in [-0.2, 0) is 9.53 Å². The van der Waals surface area contributed by atoms with Gasteiger partial charge in [-0.05, 0) is 31.2 Å². The molecule has 3 atom stereocenters. The molecule has 0 aromatic heterocycles. The molecule has 1 aliphatic rings. The average Bonchev–Trinajstić information content (AvgIpc) is 2.80. The van der Waals surface area contributed by atoms with Gasteiger partial charge in [0.15, 0.2) is 6.10 Å². The van der Waals surface area contributed by atoms with E-state index in [2.05, 4.69) is 5.32 Å². The normalized spacial score (nSPS) is 23.0. The maximum atomic E-state index is 11.4. The lowest BCUT2D eigenvalue weighted by atomic mass is 10.0. The molecule has 0 radical (unpaired) electrons. The van der Waals surface area contributed by atoms with Crippen LogP contribution in [0.15, 0.2) is 36.4 Å². The Morgan fingerprint density at radius 2 is 2.10 bits per heavy atom. The van der Waals surface area contributed by atoms with Crippen LogP contribution in [0.1, 0.15) is 23.7 Å². The first-order chi connectivity index (χ1) is 10.0. The Bertz CT molecular complexity index is 552. The van der Waals surface area contributed by atoms with Crippen LogP contribution >= 0.6 is 0 Å². The number of hydrogen-bond donors (Lipinski definition) is 3. The zero-order valence-electron chi connectivity index (χ0n) is 11.5. The number of nitrogens with one attached hydrogen (secondary N) is 1. The third-order valence-electron chi connectivity index (χ3n) is 3.26. The quantitative estimate of drug-likeness (QED) is 0.561. The number of esters is 1. The number of rotatable bonds is 5. The number of aliphatic hydroxyl groups is 1. The van der Waals surface area contributed by atoms with E-state index in [9.17, 15) is 14.7 Å². The highest BCUT2D eigenvalue weighted by Gasteiger charge is 2.38. The van der Waals surface area contributed by atoms with Crippen molar-refractivity contribution in [2.75, 3.05) is 5.32 Å². The number of allylic oxidation sites excluding steroid dienone is 1. The topological polar surface area (TPSA) is 95.9 Å². The Morgan fingerprint density at radius 3 is 2.67 bits per heavy atom. The minimum Gasteiger partial charge on any atom is -0.478 e. The Balaban J connectivity index is 2.09. The smallest absolute Gasteiger partial charge is 0.335 e. The van der Waals surface area contributed by atoms with Crippen molar-refractivity contribution in [2.45, 2.75) is 31.6 Å². The van der Waals surface area contributed by atoms with Crippen LogP contribution in [0.3, 0.4) is 0 Å². The van der Waals surface area contributed by atoms with E-state index >= 15 is 0 Å². The number of carbonyl (C=O) groups is 2. The summed E-state index contributed by atoms with van der Waals surface area (Å²) in [7, 11) is 0. The molecule has 0 bridgehead atoms. The van der Waals surface area contributed by atoms with E-state index in [1.54, 1.807) is 31.2 Å². The maximum absolute atomic E-state index is 11.4. The highest BCUT2D eigenvalue weighted by molar-refractivity contribution is 5.88. The number of anilines is 1. The van der Waals surface area contributed by atoms with Crippen LogP contribution in [0.2, 0.25) is 0 Å². The zero-order valence-corrected chi connectivity index (χ0v) is 11.5. The monoisotopic (exact) mass is 291 g/mol. The lowest BCUT2D eigenvalue weighted by Gasteiger charge is -2.22. The molecule has 3 N–H and O–H groups in total. The number of carbonyl (C=O) groups excluding carboxylic acids is 1. The van der Waals surface area contributed by atoms with Gasteiger partial charge in [-0.15, -0.1) is 0 Å². The van der Waals surface area contributed by atoms with Crippen LogP contribution in [0.4, 0.5) is 5.69 Å². The maximum Gasteiger partial charge on any atom is 0.335 e. The SMILES string of the molecule is C/C=C/[C@H](O)[C@@H]1OC(=O)C[C@H]1Nc1ccc(C(=O)O)cc1. The van der Waals surface area contributed by atoms with Gasteiger partial charge in [-0.25, -0.2) is 4.79 Å². The van der Waals surface area contributed by atoms with E-state index < -0.39 is 18.2 Å². The van der Waals surface area contributed by atoms with Crippen LogP contribution in [-0.4, -0.2) is 40.4 Å². The molecule has 6 nitrogen and oxygen atoms in total. The summed E-state index contributed by atoms with van der Waals surface area (Å²) in [5.41, 5.74) is 0.853. The first kappa shape index (κ1) is 15.1. The zero-order chi connectivity index (χ0) is 15.4. The van der Waals surface area contributed by atoms with Gasteiger partial charge in [-0.2, -0.15) is 0 Å². The Kier molecular flexibility index (Phi) is 4.59. The molecule has 1 aromatic carbocycles. The summed E-state index contributed by atoms with van der Waals surface area (Å²) in [6.07, 6.45) is 1.87. The average molecular weight is 291 g/mol. The number of aromatic carboxylic acids is 1. The van der Waals surface area contributed by atoms with E-state index in [1.165, 1.54) is 12.1 Å². The number of hydrogen-bond acceptors (Lipinski definition) is 5. The van der Waals surface area contributed by atoms with E-state index in [0.29, 0.717) is 5.69 Å². The van der Waals surface area contributed by atoms with Gasteiger partial charge in [0.25, 0.3) is 0 Å². The number of carboxylic acid groups (broad SMARTS) is 1. The molecule has 0 saturated carbocycles. The summed E-state index contributed by atoms with van der Waals surface area (Å²) >= 11 is 0. The van der Waals surface area contributed by atoms with E-state index in [4.69, 9.17) is 9.84 Å². The fraction of sp³-hybridized carbons (Fsp3) is 0.333. The summed E-state index contributed by atoms with van der Waals surface area (Å²) in [6.45, 7) is 1.77. The Morgan fingerprint density at radius 1 is 1.43 bits per heavy atom. The van der Waals surface area contributed by atoms with Crippen molar-refractivity contribution in [1.29, 1.82) is 0 Å². The van der Waals surface area contributed by atoms with Gasteiger partial charge in [-0.1, -0.05) is 12.2 Å². The van der Waals surface area contributed by atoms with Gasteiger partial charge in [0.05, 0.1) is 18.0 Å². The summed E-state index contributed by atoms with van der Waals surface area (Å²) in [6, 6.07) is 5.81. The largest absolute Gasteiger partial charge is 0.478 e. The second kappa shape index (κ2) is 6.41. The molecule has 1 aromatic rings. The van der Waals surface area contributed by atoms with Crippen molar-refractivity contribution in [3.05, 3.63) is 42.0 Å². The predicted molar refractivity (Wildman–Crippen MR) is 76.1 cm³/mol. The first-order valence-corrected chi connectivity index (χ1v) is 6.61. The van der Waals surface area contributed by atoms with Crippen molar-refractivity contribution in [1.82, 2.24) is 0 Å². The predicted octanol–water partition coefficient (Wildman–Crippen LogP) is 1.42. The molecule has 1 aliphatic heterocycles. The Labute approximate surface area is 122 Å².